The molecule has 190 valence electrons. The van der Waals surface area contributed by atoms with E-state index in [0.29, 0.717) is 17.0 Å². The van der Waals surface area contributed by atoms with Gasteiger partial charge < -0.3 is 24.3 Å². The van der Waals surface area contributed by atoms with E-state index in [4.69, 9.17) is 18.9 Å². The highest BCUT2D eigenvalue weighted by molar-refractivity contribution is 5.99. The lowest BCUT2D eigenvalue weighted by Crippen LogP contribution is -2.32. The third-order valence-corrected chi connectivity index (χ3v) is 5.38. The number of carbonyl (C=O) groups excluding carboxylic acids is 3. The summed E-state index contributed by atoms with van der Waals surface area (Å²) in [5, 5.41) is 3.07. The molecule has 0 unspecified atom stereocenters. The summed E-state index contributed by atoms with van der Waals surface area (Å²) in [7, 11) is 0. The van der Waals surface area contributed by atoms with E-state index in [1.165, 1.54) is 30.3 Å². The number of allylic oxidation sites excluding steroid dienone is 2. The summed E-state index contributed by atoms with van der Waals surface area (Å²) in [5.41, 5.74) is 2.29. The van der Waals surface area contributed by atoms with Crippen LogP contribution in [-0.4, -0.2) is 37.7 Å². The molecule has 0 fully saturated rings. The van der Waals surface area contributed by atoms with E-state index in [9.17, 15) is 18.8 Å². The van der Waals surface area contributed by atoms with Gasteiger partial charge in [-0.2, -0.15) is 0 Å². The molecule has 0 saturated carbocycles. The van der Waals surface area contributed by atoms with Gasteiger partial charge in [-0.1, -0.05) is 24.3 Å². The highest BCUT2D eigenvalue weighted by Gasteiger charge is 2.37. The van der Waals surface area contributed by atoms with Crippen molar-refractivity contribution in [2.24, 2.45) is 0 Å². The number of rotatable bonds is 9. The lowest BCUT2D eigenvalue weighted by Gasteiger charge is -2.30. The number of esters is 3. The second-order valence-corrected chi connectivity index (χ2v) is 7.84. The Labute approximate surface area is 208 Å². The molecule has 0 spiro atoms. The Morgan fingerprint density at radius 2 is 1.42 bits per heavy atom. The first-order chi connectivity index (χ1) is 17.3. The third kappa shape index (κ3) is 6.10. The van der Waals surface area contributed by atoms with Crippen molar-refractivity contribution in [2.75, 3.05) is 19.8 Å². The first-order valence-electron chi connectivity index (χ1n) is 11.5. The second-order valence-electron chi connectivity index (χ2n) is 7.84. The number of hydrogen-bond acceptors (Lipinski definition) is 8. The van der Waals surface area contributed by atoms with Gasteiger partial charge in [-0.3, -0.25) is 0 Å². The van der Waals surface area contributed by atoms with E-state index < -0.39 is 36.2 Å². The quantitative estimate of drug-likeness (QED) is 0.407. The molecule has 2 aromatic carbocycles. The predicted molar refractivity (Wildman–Crippen MR) is 129 cm³/mol. The van der Waals surface area contributed by atoms with Crippen LogP contribution >= 0.6 is 0 Å². The van der Waals surface area contributed by atoms with Gasteiger partial charge in [-0.05, 0) is 57.5 Å². The van der Waals surface area contributed by atoms with Crippen molar-refractivity contribution in [1.29, 1.82) is 0 Å². The molecule has 1 aliphatic rings. The molecule has 36 heavy (non-hydrogen) atoms. The topological polar surface area (TPSA) is 100 Å². The predicted octanol–water partition coefficient (Wildman–Crippen LogP) is 4.17. The molecule has 1 heterocycles. The van der Waals surface area contributed by atoms with Crippen LogP contribution in [0.5, 0.6) is 11.5 Å². The monoisotopic (exact) mass is 497 g/mol. The molecule has 0 aromatic heterocycles. The highest BCUT2D eigenvalue weighted by Crippen LogP contribution is 2.39. The molecular weight excluding hydrogens is 469 g/mol. The molecule has 3 rings (SSSR count). The van der Waals surface area contributed by atoms with Crippen LogP contribution < -0.4 is 14.8 Å². The van der Waals surface area contributed by atoms with Crippen LogP contribution in [0.2, 0.25) is 0 Å². The Morgan fingerprint density at radius 3 is 1.94 bits per heavy atom. The fourth-order valence-electron chi connectivity index (χ4n) is 3.87. The van der Waals surface area contributed by atoms with Gasteiger partial charge in [0.15, 0.2) is 18.2 Å². The second kappa shape index (κ2) is 12.0. The SMILES string of the molecule is CCOC(=O)C1=C(C)NC(C)=C(C(=O)OCC)C1c1ccc(OC(=O)COc2ccccc2F)cc1. The summed E-state index contributed by atoms with van der Waals surface area (Å²) in [6, 6.07) is 12.1. The lowest BCUT2D eigenvalue weighted by molar-refractivity contribution is -0.140. The number of dihydropyridines is 1. The first-order valence-corrected chi connectivity index (χ1v) is 11.5. The molecule has 9 heteroatoms. The van der Waals surface area contributed by atoms with E-state index in [1.54, 1.807) is 45.9 Å². The molecule has 1 aliphatic heterocycles. The number of ether oxygens (including phenoxy) is 4. The van der Waals surface area contributed by atoms with Crippen LogP contribution in [0.15, 0.2) is 71.1 Å². The summed E-state index contributed by atoms with van der Waals surface area (Å²) in [6.07, 6.45) is 0. The van der Waals surface area contributed by atoms with Crippen LogP contribution in [0.25, 0.3) is 0 Å². The zero-order valence-corrected chi connectivity index (χ0v) is 20.6. The molecule has 0 aliphatic carbocycles. The largest absolute Gasteiger partial charge is 0.479 e. The van der Waals surface area contributed by atoms with Crippen molar-refractivity contribution in [3.05, 3.63) is 82.5 Å². The minimum absolute atomic E-state index is 0.0574. The first kappa shape index (κ1) is 26.5. The molecule has 0 amide bonds. The molecule has 0 atom stereocenters. The maximum atomic E-state index is 13.7. The van der Waals surface area contributed by atoms with Gasteiger partial charge in [0.05, 0.1) is 30.3 Å². The zero-order chi connectivity index (χ0) is 26.2. The molecule has 0 bridgehead atoms. The summed E-state index contributed by atoms with van der Waals surface area (Å²) >= 11 is 0. The number of nitrogens with one attached hydrogen (secondary N) is 1. The van der Waals surface area contributed by atoms with E-state index >= 15 is 0 Å². The minimum atomic E-state index is -0.751. The summed E-state index contributed by atoms with van der Waals surface area (Å²) in [4.78, 5) is 37.9. The fourth-order valence-corrected chi connectivity index (χ4v) is 3.87. The van der Waals surface area contributed by atoms with Gasteiger partial charge in [-0.25, -0.2) is 18.8 Å². The van der Waals surface area contributed by atoms with Gasteiger partial charge in [0.1, 0.15) is 5.75 Å². The summed E-state index contributed by atoms with van der Waals surface area (Å²) in [6.45, 7) is 6.72. The molecular formula is C27H28FNO7. The Hall–Kier alpha value is -4.14. The minimum Gasteiger partial charge on any atom is -0.479 e. The van der Waals surface area contributed by atoms with Gasteiger partial charge in [0.25, 0.3) is 0 Å². The smallest absolute Gasteiger partial charge is 0.349 e. The number of benzene rings is 2. The van der Waals surface area contributed by atoms with Crippen LogP contribution in [0.1, 0.15) is 39.2 Å². The average molecular weight is 498 g/mol. The van der Waals surface area contributed by atoms with Gasteiger partial charge in [0.2, 0.25) is 0 Å². The molecule has 0 radical (unpaired) electrons. The fraction of sp³-hybridized carbons (Fsp3) is 0.296. The van der Waals surface area contributed by atoms with Crippen molar-refractivity contribution in [3.8, 4) is 11.5 Å². The van der Waals surface area contributed by atoms with Crippen molar-refractivity contribution in [2.45, 2.75) is 33.6 Å². The van der Waals surface area contributed by atoms with Crippen LogP contribution in [0.3, 0.4) is 0 Å². The van der Waals surface area contributed by atoms with Crippen molar-refractivity contribution >= 4 is 17.9 Å². The number of halogens is 1. The molecule has 1 N–H and O–H groups in total. The number of hydrogen-bond donors (Lipinski definition) is 1. The average Bonchev–Trinajstić information content (AvgIpc) is 2.83. The van der Waals surface area contributed by atoms with E-state index in [0.717, 1.165) is 0 Å². The van der Waals surface area contributed by atoms with Crippen molar-refractivity contribution in [1.82, 2.24) is 5.32 Å². The van der Waals surface area contributed by atoms with Gasteiger partial charge >= 0.3 is 17.9 Å². The highest BCUT2D eigenvalue weighted by atomic mass is 19.1. The normalized spacial score (nSPS) is 13.7. The van der Waals surface area contributed by atoms with Crippen molar-refractivity contribution in [3.63, 3.8) is 0 Å². The zero-order valence-electron chi connectivity index (χ0n) is 20.6. The Balaban J connectivity index is 1.84. The Morgan fingerprint density at radius 1 is 0.861 bits per heavy atom. The van der Waals surface area contributed by atoms with E-state index in [2.05, 4.69) is 5.32 Å². The number of carbonyl (C=O) groups is 3. The molecule has 2 aromatic rings. The molecule has 0 saturated heterocycles. The van der Waals surface area contributed by atoms with E-state index in [-0.39, 0.29) is 35.9 Å². The van der Waals surface area contributed by atoms with E-state index in [1.807, 2.05) is 0 Å². The van der Waals surface area contributed by atoms with Crippen molar-refractivity contribution < 1.29 is 37.7 Å². The lowest BCUT2D eigenvalue weighted by atomic mass is 9.80. The van der Waals surface area contributed by atoms with Crippen LogP contribution in [0.4, 0.5) is 4.39 Å². The maximum Gasteiger partial charge on any atom is 0.349 e. The van der Waals surface area contributed by atoms with Gasteiger partial charge in [-0.15, -0.1) is 0 Å². The number of para-hydroxylation sites is 1. The standard InChI is InChI=1S/C27H28FNO7/c1-5-33-26(31)23-16(3)29-17(4)24(27(32)34-6-2)25(23)18-11-13-19(14-12-18)36-22(30)15-35-21-10-8-7-9-20(21)28/h7-14,25,29H,5-6,15H2,1-4H3. The summed E-state index contributed by atoms with van der Waals surface area (Å²) in [5.74, 6) is -3.01. The van der Waals surface area contributed by atoms with Gasteiger partial charge in [0, 0.05) is 11.4 Å². The summed E-state index contributed by atoms with van der Waals surface area (Å²) < 4.78 is 34.6. The molecule has 8 nitrogen and oxygen atoms in total. The Bertz CT molecular complexity index is 1160. The van der Waals surface area contributed by atoms with Crippen LogP contribution in [-0.2, 0) is 23.9 Å². The van der Waals surface area contributed by atoms with Crippen LogP contribution in [0, 0.1) is 5.82 Å². The maximum absolute atomic E-state index is 13.7. The third-order valence-electron chi connectivity index (χ3n) is 5.38. The Kier molecular flexibility index (Phi) is 8.83.